The van der Waals surface area contributed by atoms with Crippen LogP contribution in [0.3, 0.4) is 0 Å². The Bertz CT molecular complexity index is 748. The second kappa shape index (κ2) is 6.86. The molecule has 2 aliphatic rings. The van der Waals surface area contributed by atoms with E-state index < -0.39 is 0 Å². The van der Waals surface area contributed by atoms with Crippen molar-refractivity contribution in [2.45, 2.75) is 13.5 Å². The lowest BCUT2D eigenvalue weighted by Gasteiger charge is -2.27. The van der Waals surface area contributed by atoms with E-state index >= 15 is 0 Å². The first kappa shape index (κ1) is 16.7. The van der Waals surface area contributed by atoms with E-state index in [1.807, 2.05) is 37.3 Å². The number of carbonyl (C=O) groups excluding carboxylic acids is 1. The van der Waals surface area contributed by atoms with Crippen LogP contribution in [0, 0.1) is 18.3 Å². The zero-order valence-corrected chi connectivity index (χ0v) is 15.2. The fraction of sp³-hybridized carbons (Fsp3) is 0.474. The minimum atomic E-state index is -0.00498. The molecule has 0 aliphatic carbocycles. The minimum Gasteiger partial charge on any atom is -0.380 e. The molecule has 1 aromatic heterocycles. The van der Waals surface area contributed by atoms with Crippen LogP contribution in [0.5, 0.6) is 0 Å². The van der Waals surface area contributed by atoms with E-state index in [2.05, 4.69) is 20.6 Å². The van der Waals surface area contributed by atoms with Crippen molar-refractivity contribution < 1.29 is 9.53 Å². The molecular formula is C19H23N3O2S. The summed E-state index contributed by atoms with van der Waals surface area (Å²) in [6.45, 7) is 7.06. The molecule has 3 heterocycles. The van der Waals surface area contributed by atoms with Gasteiger partial charge in [-0.15, -0.1) is 11.3 Å². The largest absolute Gasteiger partial charge is 0.380 e. The summed E-state index contributed by atoms with van der Waals surface area (Å²) >= 11 is 1.73. The van der Waals surface area contributed by atoms with Crippen molar-refractivity contribution in [2.24, 2.45) is 11.3 Å². The number of nitrogens with zero attached hydrogens (tertiary/aromatic N) is 2. The van der Waals surface area contributed by atoms with Crippen molar-refractivity contribution in [3.8, 4) is 0 Å². The van der Waals surface area contributed by atoms with Crippen LogP contribution < -0.4 is 5.32 Å². The molecule has 0 unspecified atom stereocenters. The summed E-state index contributed by atoms with van der Waals surface area (Å²) in [7, 11) is 0. The van der Waals surface area contributed by atoms with Gasteiger partial charge in [0.2, 0.25) is 0 Å². The van der Waals surface area contributed by atoms with Crippen molar-refractivity contribution in [2.75, 3.05) is 32.8 Å². The second-order valence-electron chi connectivity index (χ2n) is 7.18. The highest BCUT2D eigenvalue weighted by atomic mass is 32.1. The van der Waals surface area contributed by atoms with E-state index in [4.69, 9.17) is 4.74 Å². The first-order valence-corrected chi connectivity index (χ1v) is 9.57. The number of hydrogen-bond acceptors (Lipinski definition) is 5. The van der Waals surface area contributed by atoms with Gasteiger partial charge in [-0.25, -0.2) is 4.98 Å². The average molecular weight is 357 g/mol. The van der Waals surface area contributed by atoms with Crippen LogP contribution in [0.15, 0.2) is 35.7 Å². The first-order valence-electron chi connectivity index (χ1n) is 8.69. The molecule has 1 amide bonds. The normalized spacial score (nSPS) is 25.9. The molecule has 2 aliphatic heterocycles. The zero-order valence-electron chi connectivity index (χ0n) is 14.4. The third kappa shape index (κ3) is 3.47. The molecule has 1 aromatic carbocycles. The van der Waals surface area contributed by atoms with Gasteiger partial charge in [0.05, 0.1) is 19.8 Å². The van der Waals surface area contributed by atoms with E-state index in [0.717, 1.165) is 38.5 Å². The maximum Gasteiger partial charge on any atom is 0.251 e. The summed E-state index contributed by atoms with van der Waals surface area (Å²) < 4.78 is 5.76. The number of thiazole rings is 1. The van der Waals surface area contributed by atoms with Gasteiger partial charge in [0, 0.05) is 47.6 Å². The van der Waals surface area contributed by atoms with Crippen molar-refractivity contribution in [3.63, 3.8) is 0 Å². The Morgan fingerprint density at radius 3 is 3.04 bits per heavy atom. The van der Waals surface area contributed by atoms with Gasteiger partial charge in [0.25, 0.3) is 5.91 Å². The molecule has 0 saturated carbocycles. The van der Waals surface area contributed by atoms with Crippen molar-refractivity contribution in [1.29, 1.82) is 0 Å². The number of amides is 1. The number of hydrogen-bond donors (Lipinski definition) is 1. The van der Waals surface area contributed by atoms with Crippen LogP contribution in [-0.2, 0) is 11.3 Å². The topological polar surface area (TPSA) is 54.5 Å². The Labute approximate surface area is 152 Å². The standard InChI is InChI=1S/C19H23N3O2S/c1-14-10-25-17(21-14)8-22-7-16-9-24-13-19(16,12-22)11-20-18(23)15-5-3-2-4-6-15/h2-6,10,16H,7-9,11-13H2,1H3,(H,20,23)/t16-,19+/m1/s1. The number of carbonyl (C=O) groups is 1. The summed E-state index contributed by atoms with van der Waals surface area (Å²) in [5.41, 5.74) is 1.83. The van der Waals surface area contributed by atoms with Gasteiger partial charge in [-0.3, -0.25) is 9.69 Å². The van der Waals surface area contributed by atoms with Gasteiger partial charge in [-0.05, 0) is 19.1 Å². The summed E-state index contributed by atoms with van der Waals surface area (Å²) in [6.07, 6.45) is 0. The number of fused-ring (bicyclic) bond motifs is 1. The number of nitrogens with one attached hydrogen (secondary N) is 1. The smallest absolute Gasteiger partial charge is 0.251 e. The summed E-state index contributed by atoms with van der Waals surface area (Å²) in [6, 6.07) is 9.40. The van der Waals surface area contributed by atoms with Gasteiger partial charge in [0.1, 0.15) is 5.01 Å². The van der Waals surface area contributed by atoms with Crippen LogP contribution in [0.25, 0.3) is 0 Å². The summed E-state index contributed by atoms with van der Waals surface area (Å²) in [4.78, 5) is 19.4. The van der Waals surface area contributed by atoms with Crippen LogP contribution >= 0.6 is 11.3 Å². The van der Waals surface area contributed by atoms with E-state index in [1.54, 1.807) is 11.3 Å². The highest BCUT2D eigenvalue weighted by molar-refractivity contribution is 7.09. The number of aryl methyl sites for hydroxylation is 1. The summed E-state index contributed by atoms with van der Waals surface area (Å²) in [5, 5.41) is 6.40. The molecule has 0 radical (unpaired) electrons. The minimum absolute atomic E-state index is 0.00498. The molecule has 1 N–H and O–H groups in total. The van der Waals surface area contributed by atoms with Gasteiger partial charge in [-0.1, -0.05) is 18.2 Å². The molecule has 2 fully saturated rings. The molecule has 5 nitrogen and oxygen atoms in total. The molecule has 0 spiro atoms. The molecule has 4 rings (SSSR count). The Balaban J connectivity index is 1.40. The third-order valence-electron chi connectivity index (χ3n) is 5.25. The first-order chi connectivity index (χ1) is 12.1. The molecular weight excluding hydrogens is 334 g/mol. The quantitative estimate of drug-likeness (QED) is 0.892. The van der Waals surface area contributed by atoms with Crippen molar-refractivity contribution in [3.05, 3.63) is 52.0 Å². The monoisotopic (exact) mass is 357 g/mol. The Kier molecular flexibility index (Phi) is 4.58. The predicted octanol–water partition coefficient (Wildman–Crippen LogP) is 2.33. The molecule has 2 atom stereocenters. The fourth-order valence-electron chi connectivity index (χ4n) is 3.93. The Morgan fingerprint density at radius 1 is 1.44 bits per heavy atom. The van der Waals surface area contributed by atoms with Gasteiger partial charge in [-0.2, -0.15) is 0 Å². The molecule has 0 bridgehead atoms. The fourth-order valence-corrected chi connectivity index (χ4v) is 4.74. The maximum atomic E-state index is 12.4. The lowest BCUT2D eigenvalue weighted by atomic mass is 9.81. The number of ether oxygens (including phenoxy) is 1. The van der Waals surface area contributed by atoms with E-state index in [1.165, 1.54) is 5.01 Å². The summed E-state index contributed by atoms with van der Waals surface area (Å²) in [5.74, 6) is 0.472. The van der Waals surface area contributed by atoms with Crippen LogP contribution in [-0.4, -0.2) is 48.6 Å². The molecule has 2 aromatic rings. The highest BCUT2D eigenvalue weighted by Crippen LogP contribution is 2.41. The maximum absolute atomic E-state index is 12.4. The van der Waals surface area contributed by atoms with E-state index in [9.17, 15) is 4.79 Å². The van der Waals surface area contributed by atoms with E-state index in [-0.39, 0.29) is 11.3 Å². The number of likely N-dealkylation sites (tertiary alicyclic amines) is 1. The van der Waals surface area contributed by atoms with Crippen molar-refractivity contribution >= 4 is 17.2 Å². The van der Waals surface area contributed by atoms with Gasteiger partial charge < -0.3 is 10.1 Å². The number of benzene rings is 1. The highest BCUT2D eigenvalue weighted by Gasteiger charge is 2.50. The van der Waals surface area contributed by atoms with Gasteiger partial charge in [0.15, 0.2) is 0 Å². The predicted molar refractivity (Wildman–Crippen MR) is 97.6 cm³/mol. The molecule has 132 valence electrons. The molecule has 6 heteroatoms. The lowest BCUT2D eigenvalue weighted by Crippen LogP contribution is -2.43. The second-order valence-corrected chi connectivity index (χ2v) is 8.12. The van der Waals surface area contributed by atoms with E-state index in [0.29, 0.717) is 18.0 Å². The Morgan fingerprint density at radius 2 is 2.28 bits per heavy atom. The zero-order chi connectivity index (χ0) is 17.3. The molecule has 2 saturated heterocycles. The molecule has 25 heavy (non-hydrogen) atoms. The SMILES string of the molecule is Cc1csc(CN2C[C@@H]3COC[C@]3(CNC(=O)c3ccccc3)C2)n1. The van der Waals surface area contributed by atoms with Gasteiger partial charge >= 0.3 is 0 Å². The van der Waals surface area contributed by atoms with Crippen LogP contribution in [0.1, 0.15) is 21.1 Å². The Hall–Kier alpha value is -1.76. The van der Waals surface area contributed by atoms with Crippen LogP contribution in [0.2, 0.25) is 0 Å². The number of aromatic nitrogens is 1. The van der Waals surface area contributed by atoms with Crippen LogP contribution in [0.4, 0.5) is 0 Å². The lowest BCUT2D eigenvalue weighted by molar-refractivity contribution is 0.0904. The third-order valence-corrected chi connectivity index (χ3v) is 6.21. The number of rotatable bonds is 5. The van der Waals surface area contributed by atoms with Crippen molar-refractivity contribution in [1.82, 2.24) is 15.2 Å². The average Bonchev–Trinajstić information content (AvgIpc) is 3.28.